The van der Waals surface area contributed by atoms with Crippen molar-refractivity contribution in [3.63, 3.8) is 0 Å². The lowest BCUT2D eigenvalue weighted by Crippen LogP contribution is -2.37. The zero-order chi connectivity index (χ0) is 26.6. The summed E-state index contributed by atoms with van der Waals surface area (Å²) in [4.78, 5) is 42.0. The highest BCUT2D eigenvalue weighted by atomic mass is 16.5. The summed E-state index contributed by atoms with van der Waals surface area (Å²) in [6.45, 7) is 2.36. The number of likely N-dealkylation sites (tertiary alicyclic amines) is 1. The van der Waals surface area contributed by atoms with Crippen molar-refractivity contribution in [2.24, 2.45) is 0 Å². The number of hydrogen-bond acceptors (Lipinski definition) is 6. The van der Waals surface area contributed by atoms with Crippen molar-refractivity contribution in [1.29, 1.82) is 0 Å². The second kappa shape index (κ2) is 10.9. The van der Waals surface area contributed by atoms with Crippen LogP contribution in [-0.2, 0) is 14.3 Å². The van der Waals surface area contributed by atoms with Gasteiger partial charge in [0.15, 0.2) is 0 Å². The van der Waals surface area contributed by atoms with Crippen LogP contribution in [0.5, 0.6) is 0 Å². The summed E-state index contributed by atoms with van der Waals surface area (Å²) in [6, 6.07) is 22.1. The van der Waals surface area contributed by atoms with Crippen LogP contribution in [0.3, 0.4) is 0 Å². The van der Waals surface area contributed by atoms with Crippen LogP contribution in [-0.4, -0.2) is 56.5 Å². The van der Waals surface area contributed by atoms with E-state index in [4.69, 9.17) is 4.74 Å². The van der Waals surface area contributed by atoms with E-state index in [1.807, 2.05) is 54.6 Å². The molecule has 2 N–H and O–H groups in total. The molecule has 2 aliphatic rings. The number of nitrogens with one attached hydrogen (secondary N) is 2. The van der Waals surface area contributed by atoms with Gasteiger partial charge in [-0.25, -0.2) is 4.79 Å². The third-order valence-corrected chi connectivity index (χ3v) is 6.95. The van der Waals surface area contributed by atoms with Gasteiger partial charge in [0.05, 0.1) is 30.5 Å². The fourth-order valence-electron chi connectivity index (χ4n) is 4.84. The first-order valence-electron chi connectivity index (χ1n) is 12.6. The van der Waals surface area contributed by atoms with E-state index in [0.717, 1.165) is 42.9 Å². The van der Waals surface area contributed by atoms with Crippen molar-refractivity contribution < 1.29 is 19.1 Å². The van der Waals surface area contributed by atoms with Crippen LogP contribution in [0.15, 0.2) is 72.8 Å². The molecule has 1 fully saturated rings. The van der Waals surface area contributed by atoms with Crippen molar-refractivity contribution in [3.8, 4) is 0 Å². The highest BCUT2D eigenvalue weighted by molar-refractivity contribution is 6.37. The number of rotatable bonds is 7. The van der Waals surface area contributed by atoms with Crippen LogP contribution in [0.2, 0.25) is 0 Å². The molecule has 0 aliphatic carbocycles. The van der Waals surface area contributed by atoms with Crippen LogP contribution < -0.4 is 15.5 Å². The molecular weight excluding hydrogens is 480 g/mol. The van der Waals surface area contributed by atoms with Gasteiger partial charge in [0.1, 0.15) is 0 Å². The Bertz CT molecular complexity index is 1390. The molecule has 0 saturated carbocycles. The van der Waals surface area contributed by atoms with Crippen LogP contribution in [0.25, 0.3) is 11.3 Å². The number of hydrogen-bond donors (Lipinski definition) is 2. The van der Waals surface area contributed by atoms with Gasteiger partial charge < -0.3 is 20.3 Å². The summed E-state index contributed by atoms with van der Waals surface area (Å²) in [5, 5.41) is 6.31. The van der Waals surface area contributed by atoms with E-state index in [2.05, 4.69) is 15.5 Å². The molecule has 0 spiro atoms. The number of nitrogens with zero attached hydrogens (tertiary/aromatic N) is 2. The van der Waals surface area contributed by atoms with Gasteiger partial charge in [-0.3, -0.25) is 14.5 Å². The summed E-state index contributed by atoms with van der Waals surface area (Å²) in [5.41, 5.74) is 5.00. The lowest BCUT2D eigenvalue weighted by Gasteiger charge is -2.22. The summed E-state index contributed by atoms with van der Waals surface area (Å²) >= 11 is 0. The molecule has 5 rings (SSSR count). The Balaban J connectivity index is 1.46. The zero-order valence-electron chi connectivity index (χ0n) is 21.5. The van der Waals surface area contributed by atoms with Gasteiger partial charge in [0.25, 0.3) is 5.91 Å². The van der Waals surface area contributed by atoms with E-state index in [0.29, 0.717) is 34.6 Å². The molecule has 3 aromatic rings. The third kappa shape index (κ3) is 5.17. The average Bonchev–Trinajstić information content (AvgIpc) is 3.58. The Labute approximate surface area is 221 Å². The Morgan fingerprint density at radius 3 is 2.37 bits per heavy atom. The monoisotopic (exact) mass is 510 g/mol. The number of anilines is 3. The predicted octanol–water partition coefficient (Wildman–Crippen LogP) is 4.46. The first-order valence-corrected chi connectivity index (χ1v) is 12.6. The molecule has 2 aliphatic heterocycles. The number of benzene rings is 3. The first-order chi connectivity index (χ1) is 18.4. The fourth-order valence-corrected chi connectivity index (χ4v) is 4.84. The molecule has 0 bridgehead atoms. The van der Waals surface area contributed by atoms with Gasteiger partial charge >= 0.3 is 5.97 Å². The Hall–Kier alpha value is -4.43. The van der Waals surface area contributed by atoms with Gasteiger partial charge in [-0.05, 0) is 74.0 Å². The molecule has 2 heterocycles. The van der Waals surface area contributed by atoms with Crippen LogP contribution in [0.4, 0.5) is 17.1 Å². The maximum absolute atomic E-state index is 13.2. The van der Waals surface area contributed by atoms with E-state index >= 15 is 0 Å². The smallest absolute Gasteiger partial charge is 0.337 e. The zero-order valence-corrected chi connectivity index (χ0v) is 21.5. The Morgan fingerprint density at radius 1 is 0.974 bits per heavy atom. The van der Waals surface area contributed by atoms with Crippen LogP contribution in [0, 0.1) is 0 Å². The molecule has 194 valence electrons. The third-order valence-electron chi connectivity index (χ3n) is 6.95. The van der Waals surface area contributed by atoms with Gasteiger partial charge in [0.2, 0.25) is 5.91 Å². The molecule has 8 nitrogen and oxygen atoms in total. The van der Waals surface area contributed by atoms with Crippen molar-refractivity contribution in [1.82, 2.24) is 4.90 Å². The maximum Gasteiger partial charge on any atom is 0.337 e. The molecule has 0 unspecified atom stereocenters. The van der Waals surface area contributed by atoms with Crippen LogP contribution >= 0.6 is 0 Å². The molecule has 38 heavy (non-hydrogen) atoms. The number of amides is 2. The minimum absolute atomic E-state index is 0.0559. The highest BCUT2D eigenvalue weighted by Crippen LogP contribution is 2.38. The molecule has 1 saturated heterocycles. The minimum atomic E-state index is -0.472. The minimum Gasteiger partial charge on any atom is -0.465 e. The number of likely N-dealkylation sites (N-methyl/N-ethyl adjacent to an activating group) is 1. The van der Waals surface area contributed by atoms with Crippen molar-refractivity contribution in [2.45, 2.75) is 12.8 Å². The largest absolute Gasteiger partial charge is 0.465 e. The number of esters is 1. The Kier molecular flexibility index (Phi) is 7.24. The predicted molar refractivity (Wildman–Crippen MR) is 149 cm³/mol. The van der Waals surface area contributed by atoms with E-state index in [9.17, 15) is 14.4 Å². The molecule has 0 radical (unpaired) electrons. The Morgan fingerprint density at radius 2 is 1.68 bits per heavy atom. The van der Waals surface area contributed by atoms with Gasteiger partial charge in [-0.1, -0.05) is 30.3 Å². The van der Waals surface area contributed by atoms with E-state index in [-0.39, 0.29) is 11.8 Å². The fraction of sp³-hybridized carbons (Fsp3) is 0.233. The SMILES string of the molecule is COC(=O)c1ccc2c(c1)/C(=C(/Nc1ccc(N(C)C(=O)CN3CCCC3)cc1)c1ccccc1)C(=O)N2. The summed E-state index contributed by atoms with van der Waals surface area (Å²) < 4.78 is 4.88. The quantitative estimate of drug-likeness (QED) is 0.360. The summed E-state index contributed by atoms with van der Waals surface area (Å²) in [5.74, 6) is -0.683. The normalized spacial score (nSPS) is 16.0. The molecule has 3 aromatic carbocycles. The van der Waals surface area contributed by atoms with E-state index < -0.39 is 5.97 Å². The summed E-state index contributed by atoms with van der Waals surface area (Å²) in [6.07, 6.45) is 2.28. The number of ether oxygens (including phenoxy) is 1. The van der Waals surface area contributed by atoms with E-state index in [1.165, 1.54) is 7.11 Å². The van der Waals surface area contributed by atoms with Gasteiger partial charge in [-0.2, -0.15) is 0 Å². The lowest BCUT2D eigenvalue weighted by molar-refractivity contribution is -0.119. The lowest BCUT2D eigenvalue weighted by atomic mass is 9.98. The molecule has 2 amide bonds. The highest BCUT2D eigenvalue weighted by Gasteiger charge is 2.29. The van der Waals surface area contributed by atoms with Crippen molar-refractivity contribution >= 4 is 46.1 Å². The van der Waals surface area contributed by atoms with Gasteiger partial charge in [0, 0.05) is 29.7 Å². The second-order valence-corrected chi connectivity index (χ2v) is 9.43. The van der Waals surface area contributed by atoms with Gasteiger partial charge in [-0.15, -0.1) is 0 Å². The molecule has 0 atom stereocenters. The van der Waals surface area contributed by atoms with Crippen molar-refractivity contribution in [2.75, 3.05) is 49.3 Å². The summed E-state index contributed by atoms with van der Waals surface area (Å²) in [7, 11) is 3.12. The standard InChI is InChI=1S/C30H30N4O4/c1-33(26(35)19-34-16-6-7-17-34)23-13-11-22(12-14-23)31-28(20-8-4-3-5-9-20)27-24-18-21(30(37)38-2)10-15-25(24)32-29(27)36/h3-5,8-15,18,31H,6-7,16-17,19H2,1-2H3,(H,32,36)/b28-27-. The number of fused-ring (bicyclic) bond motifs is 1. The van der Waals surface area contributed by atoms with Crippen molar-refractivity contribution in [3.05, 3.63) is 89.5 Å². The second-order valence-electron chi connectivity index (χ2n) is 9.43. The van der Waals surface area contributed by atoms with E-state index in [1.54, 1.807) is 30.1 Å². The number of carbonyl (C=O) groups excluding carboxylic acids is 3. The topological polar surface area (TPSA) is 91.0 Å². The average molecular weight is 511 g/mol. The first kappa shape index (κ1) is 25.2. The number of carbonyl (C=O) groups is 3. The molecular formula is C30H30N4O4. The molecule has 0 aromatic heterocycles. The maximum atomic E-state index is 13.2. The number of methoxy groups -OCH3 is 1. The van der Waals surface area contributed by atoms with Crippen LogP contribution in [0.1, 0.15) is 34.3 Å². The molecule has 8 heteroatoms.